The average molecular weight is 226 g/mol. The molecule has 0 bridgehead atoms. The van der Waals surface area contributed by atoms with Gasteiger partial charge in [0.15, 0.2) is 0 Å². The molecule has 0 spiro atoms. The van der Waals surface area contributed by atoms with Crippen molar-refractivity contribution in [3.05, 3.63) is 0 Å². The van der Waals surface area contributed by atoms with Gasteiger partial charge in [0.2, 0.25) is 0 Å². The van der Waals surface area contributed by atoms with E-state index in [2.05, 4.69) is 24.5 Å². The maximum absolute atomic E-state index is 3.63. The highest BCUT2D eigenvalue weighted by molar-refractivity contribution is 4.83. The van der Waals surface area contributed by atoms with Gasteiger partial charge < -0.3 is 10.6 Å². The minimum absolute atomic E-state index is 0.500. The van der Waals surface area contributed by atoms with E-state index in [-0.39, 0.29) is 0 Å². The van der Waals surface area contributed by atoms with Crippen molar-refractivity contribution in [3.63, 3.8) is 0 Å². The van der Waals surface area contributed by atoms with Crippen LogP contribution < -0.4 is 10.6 Å². The van der Waals surface area contributed by atoms with Crippen LogP contribution in [0.2, 0.25) is 0 Å². The summed E-state index contributed by atoms with van der Waals surface area (Å²) in [7, 11) is 2.02. The summed E-state index contributed by atoms with van der Waals surface area (Å²) in [4.78, 5) is 0. The second-order valence-corrected chi connectivity index (χ2v) is 5.96. The number of unbranched alkanes of at least 4 members (excludes halogenated alkanes) is 1. The Morgan fingerprint density at radius 2 is 1.69 bits per heavy atom. The van der Waals surface area contributed by atoms with Gasteiger partial charge in [0, 0.05) is 6.54 Å². The number of hydrogen-bond acceptors (Lipinski definition) is 2. The molecule has 16 heavy (non-hydrogen) atoms. The van der Waals surface area contributed by atoms with Crippen molar-refractivity contribution in [2.45, 2.75) is 52.4 Å². The highest BCUT2D eigenvalue weighted by Gasteiger charge is 2.31. The Hall–Kier alpha value is -0.0800. The summed E-state index contributed by atoms with van der Waals surface area (Å²) < 4.78 is 0. The number of hydrogen-bond donors (Lipinski definition) is 2. The largest absolute Gasteiger partial charge is 0.320 e. The molecule has 1 rings (SSSR count). The molecule has 0 saturated heterocycles. The van der Waals surface area contributed by atoms with Gasteiger partial charge in [-0.05, 0) is 57.2 Å². The predicted molar refractivity (Wildman–Crippen MR) is 71.8 cm³/mol. The van der Waals surface area contributed by atoms with Crippen molar-refractivity contribution in [2.24, 2.45) is 11.3 Å². The maximum Gasteiger partial charge on any atom is 0.000517 e. The molecule has 0 aromatic rings. The third-order valence-electron chi connectivity index (χ3n) is 4.07. The van der Waals surface area contributed by atoms with Gasteiger partial charge in [-0.25, -0.2) is 0 Å². The fourth-order valence-electron chi connectivity index (χ4n) is 2.81. The molecule has 0 atom stereocenters. The van der Waals surface area contributed by atoms with Crippen molar-refractivity contribution in [1.29, 1.82) is 0 Å². The molecular weight excluding hydrogens is 196 g/mol. The lowest BCUT2D eigenvalue weighted by atomic mass is 9.78. The van der Waals surface area contributed by atoms with Crippen LogP contribution in [0, 0.1) is 11.3 Å². The molecule has 1 aliphatic rings. The van der Waals surface area contributed by atoms with E-state index >= 15 is 0 Å². The lowest BCUT2D eigenvalue weighted by molar-refractivity contribution is 0.208. The van der Waals surface area contributed by atoms with E-state index in [1.165, 1.54) is 51.6 Å². The molecule has 2 N–H and O–H groups in total. The van der Waals surface area contributed by atoms with Gasteiger partial charge in [-0.2, -0.15) is 0 Å². The molecule has 2 nitrogen and oxygen atoms in total. The molecule has 1 aliphatic carbocycles. The Morgan fingerprint density at radius 1 is 1.06 bits per heavy atom. The van der Waals surface area contributed by atoms with E-state index in [1.807, 2.05) is 7.05 Å². The first-order valence-corrected chi connectivity index (χ1v) is 7.02. The molecule has 1 fully saturated rings. The van der Waals surface area contributed by atoms with Crippen molar-refractivity contribution >= 4 is 0 Å². The molecule has 96 valence electrons. The van der Waals surface area contributed by atoms with E-state index in [4.69, 9.17) is 0 Å². The van der Waals surface area contributed by atoms with Crippen molar-refractivity contribution in [3.8, 4) is 0 Å². The summed E-state index contributed by atoms with van der Waals surface area (Å²) in [6, 6.07) is 0. The molecule has 0 amide bonds. The molecule has 0 heterocycles. The van der Waals surface area contributed by atoms with Crippen molar-refractivity contribution in [1.82, 2.24) is 10.6 Å². The van der Waals surface area contributed by atoms with Gasteiger partial charge >= 0.3 is 0 Å². The first-order valence-electron chi connectivity index (χ1n) is 7.02. The molecular formula is C14H30N2. The molecule has 0 aliphatic heterocycles. The Bertz CT molecular complexity index is 172. The van der Waals surface area contributed by atoms with Crippen molar-refractivity contribution < 1.29 is 0 Å². The van der Waals surface area contributed by atoms with Gasteiger partial charge in [0.05, 0.1) is 0 Å². The average Bonchev–Trinajstić information content (AvgIpc) is 2.77. The van der Waals surface area contributed by atoms with Crippen LogP contribution in [0.1, 0.15) is 52.4 Å². The third-order valence-corrected chi connectivity index (χ3v) is 4.07. The Kier molecular flexibility index (Phi) is 6.37. The minimum atomic E-state index is 0.500. The second-order valence-electron chi connectivity index (χ2n) is 5.96. The van der Waals surface area contributed by atoms with Crippen LogP contribution in [-0.2, 0) is 0 Å². The van der Waals surface area contributed by atoms with Crippen LogP contribution in [0.3, 0.4) is 0 Å². The lowest BCUT2D eigenvalue weighted by Gasteiger charge is -2.32. The van der Waals surface area contributed by atoms with Gasteiger partial charge in [0.25, 0.3) is 0 Å². The highest BCUT2D eigenvalue weighted by Crippen LogP contribution is 2.38. The summed E-state index contributed by atoms with van der Waals surface area (Å²) >= 11 is 0. The zero-order valence-electron chi connectivity index (χ0n) is 11.4. The van der Waals surface area contributed by atoms with Crippen LogP contribution in [-0.4, -0.2) is 26.7 Å². The summed E-state index contributed by atoms with van der Waals surface area (Å²) in [6.07, 6.45) is 8.39. The predicted octanol–water partition coefficient (Wildman–Crippen LogP) is 2.79. The first-order chi connectivity index (χ1) is 7.67. The zero-order valence-corrected chi connectivity index (χ0v) is 11.4. The molecule has 0 aromatic carbocycles. The monoisotopic (exact) mass is 226 g/mol. The summed E-state index contributed by atoms with van der Waals surface area (Å²) in [5.41, 5.74) is 0.500. The van der Waals surface area contributed by atoms with E-state index in [1.54, 1.807) is 0 Å². The normalized spacial score (nSPS) is 18.2. The van der Waals surface area contributed by atoms with E-state index in [0.717, 1.165) is 12.5 Å². The molecule has 0 radical (unpaired) electrons. The van der Waals surface area contributed by atoms with Gasteiger partial charge in [-0.3, -0.25) is 0 Å². The number of nitrogens with one attached hydrogen (secondary N) is 2. The van der Waals surface area contributed by atoms with E-state index in [0.29, 0.717) is 5.41 Å². The van der Waals surface area contributed by atoms with Gasteiger partial charge in [-0.1, -0.05) is 26.7 Å². The van der Waals surface area contributed by atoms with Crippen LogP contribution in [0.25, 0.3) is 0 Å². The highest BCUT2D eigenvalue weighted by atomic mass is 14.9. The van der Waals surface area contributed by atoms with Crippen LogP contribution in [0.5, 0.6) is 0 Å². The van der Waals surface area contributed by atoms with E-state index < -0.39 is 0 Å². The Morgan fingerprint density at radius 3 is 2.31 bits per heavy atom. The molecule has 0 aromatic heterocycles. The fourth-order valence-corrected chi connectivity index (χ4v) is 2.81. The van der Waals surface area contributed by atoms with Gasteiger partial charge in [-0.15, -0.1) is 0 Å². The van der Waals surface area contributed by atoms with Gasteiger partial charge in [0.1, 0.15) is 0 Å². The topological polar surface area (TPSA) is 24.1 Å². The van der Waals surface area contributed by atoms with Crippen LogP contribution in [0.15, 0.2) is 0 Å². The Balaban J connectivity index is 2.06. The van der Waals surface area contributed by atoms with Crippen LogP contribution >= 0.6 is 0 Å². The smallest absolute Gasteiger partial charge is 0.000517 e. The standard InChI is InChI=1S/C14H30N2/c1-14(2,13-8-4-5-9-13)12-16-11-7-6-10-15-3/h13,15-16H,4-12H2,1-3H3. The summed E-state index contributed by atoms with van der Waals surface area (Å²) in [5.74, 6) is 0.956. The minimum Gasteiger partial charge on any atom is -0.320 e. The maximum atomic E-state index is 3.63. The van der Waals surface area contributed by atoms with Crippen molar-refractivity contribution in [2.75, 3.05) is 26.7 Å². The first kappa shape index (κ1) is 14.0. The zero-order chi connectivity index (χ0) is 11.9. The molecule has 0 unspecified atom stereocenters. The Labute approximate surface area is 102 Å². The lowest BCUT2D eigenvalue weighted by Crippen LogP contribution is -2.35. The summed E-state index contributed by atoms with van der Waals surface area (Å²) in [6.45, 7) is 8.38. The second kappa shape index (κ2) is 7.29. The molecule has 2 heteroatoms. The van der Waals surface area contributed by atoms with E-state index in [9.17, 15) is 0 Å². The molecule has 1 saturated carbocycles. The third kappa shape index (κ3) is 4.84. The number of rotatable bonds is 8. The fraction of sp³-hybridized carbons (Fsp3) is 1.00. The summed E-state index contributed by atoms with van der Waals surface area (Å²) in [5, 5.41) is 6.83. The van der Waals surface area contributed by atoms with Crippen LogP contribution in [0.4, 0.5) is 0 Å². The SMILES string of the molecule is CNCCCCNCC(C)(C)C1CCCC1. The quantitative estimate of drug-likeness (QED) is 0.622.